The average Bonchev–Trinajstić information content (AvgIpc) is 3.99. The third-order valence-corrected chi connectivity index (χ3v) is 14.0. The van der Waals surface area contributed by atoms with E-state index in [9.17, 15) is 45.2 Å². The molecule has 20 heteroatoms. The van der Waals surface area contributed by atoms with Gasteiger partial charge < -0.3 is 29.5 Å². The number of aromatic nitrogens is 2. The SMILES string of the molecule is Cc1cc(C(=O)N[C@H]2CCCCC/C=C\[C@@H]3C[C@@]3(C(=O)NS(=O)(=O)C3(C)CC3)NC(=O)[C@@H]3C[C@@H](Oc4nc5cc(F)ccc5c5ccc(OC(F)(F)F)cc45)CN3C2=O)no1. The molecule has 8 rings (SSSR count). The van der Waals surface area contributed by atoms with Crippen LogP contribution in [0.15, 0.2) is 59.1 Å². The number of amides is 4. The van der Waals surface area contributed by atoms with Crippen molar-refractivity contribution in [3.8, 4) is 11.6 Å². The number of carbonyl (C=O) groups is 4. The van der Waals surface area contributed by atoms with Gasteiger partial charge in [-0.3, -0.25) is 23.9 Å². The lowest BCUT2D eigenvalue weighted by Gasteiger charge is -2.30. The van der Waals surface area contributed by atoms with E-state index >= 15 is 0 Å². The van der Waals surface area contributed by atoms with Gasteiger partial charge >= 0.3 is 6.36 Å². The quantitative estimate of drug-likeness (QED) is 0.119. The molecule has 0 radical (unpaired) electrons. The van der Waals surface area contributed by atoms with Crippen LogP contribution in [0.25, 0.3) is 21.7 Å². The van der Waals surface area contributed by atoms with Crippen molar-refractivity contribution in [3.05, 3.63) is 71.9 Å². The number of fused-ring (bicyclic) bond motifs is 5. The lowest BCUT2D eigenvalue weighted by Crippen LogP contribution is -2.58. The predicted molar refractivity (Wildman–Crippen MR) is 209 cm³/mol. The second kappa shape index (κ2) is 15.6. The number of pyridine rings is 1. The molecule has 2 saturated carbocycles. The number of sulfonamides is 1. The van der Waals surface area contributed by atoms with Gasteiger partial charge in [-0.15, -0.1) is 13.2 Å². The number of allylic oxidation sites excluding steroid dienone is 1. The molecule has 0 bridgehead atoms. The first kappa shape index (κ1) is 41.9. The van der Waals surface area contributed by atoms with Crippen molar-refractivity contribution in [1.29, 1.82) is 0 Å². The van der Waals surface area contributed by atoms with E-state index < -0.39 is 86.0 Å². The molecular weight excluding hydrogens is 829 g/mol. The number of hydrogen-bond donors (Lipinski definition) is 3. The number of ether oxygens (including phenoxy) is 2. The van der Waals surface area contributed by atoms with Crippen LogP contribution in [0.3, 0.4) is 0 Å². The third-order valence-electron chi connectivity index (χ3n) is 11.8. The Labute approximate surface area is 346 Å². The van der Waals surface area contributed by atoms with Crippen LogP contribution >= 0.6 is 0 Å². The summed E-state index contributed by atoms with van der Waals surface area (Å²) in [6.07, 6.45) is 0.686. The zero-order valence-corrected chi connectivity index (χ0v) is 33.8. The molecule has 324 valence electrons. The smallest absolute Gasteiger partial charge is 0.472 e. The summed E-state index contributed by atoms with van der Waals surface area (Å²) in [5, 5.41) is 10.0. The highest BCUT2D eigenvalue weighted by Crippen LogP contribution is 2.48. The fraction of sp³-hybridized carbons (Fsp3) is 0.463. The van der Waals surface area contributed by atoms with Gasteiger partial charge in [-0.2, -0.15) is 0 Å². The van der Waals surface area contributed by atoms with Gasteiger partial charge in [0.15, 0.2) is 5.69 Å². The van der Waals surface area contributed by atoms with Gasteiger partial charge in [0.2, 0.25) is 27.7 Å². The maximum Gasteiger partial charge on any atom is 0.573 e. The van der Waals surface area contributed by atoms with E-state index in [1.807, 2.05) is 6.08 Å². The fourth-order valence-corrected chi connectivity index (χ4v) is 9.34. The second-order valence-corrected chi connectivity index (χ2v) is 18.6. The van der Waals surface area contributed by atoms with Crippen molar-refractivity contribution >= 4 is 55.3 Å². The molecule has 15 nitrogen and oxygen atoms in total. The number of halogens is 4. The Kier molecular flexibility index (Phi) is 10.7. The number of hydrogen-bond acceptors (Lipinski definition) is 11. The van der Waals surface area contributed by atoms with E-state index in [0.29, 0.717) is 55.1 Å². The van der Waals surface area contributed by atoms with Crippen molar-refractivity contribution in [2.75, 3.05) is 6.54 Å². The normalized spacial score (nSPS) is 26.0. The van der Waals surface area contributed by atoms with Crippen molar-refractivity contribution in [2.24, 2.45) is 5.92 Å². The summed E-state index contributed by atoms with van der Waals surface area (Å²) in [5.41, 5.74) is -1.64. The monoisotopic (exact) mass is 870 g/mol. The summed E-state index contributed by atoms with van der Waals surface area (Å²) in [6, 6.07) is 6.06. The number of rotatable bonds is 8. The van der Waals surface area contributed by atoms with Crippen molar-refractivity contribution in [3.63, 3.8) is 0 Å². The predicted octanol–water partition coefficient (Wildman–Crippen LogP) is 5.26. The van der Waals surface area contributed by atoms with Gasteiger partial charge in [-0.05, 0) is 88.1 Å². The summed E-state index contributed by atoms with van der Waals surface area (Å²) in [4.78, 5) is 62.1. The van der Waals surface area contributed by atoms with Crippen LogP contribution in [0.2, 0.25) is 0 Å². The molecule has 2 aromatic heterocycles. The molecule has 0 spiro atoms. The highest BCUT2D eigenvalue weighted by molar-refractivity contribution is 7.91. The summed E-state index contributed by atoms with van der Waals surface area (Å²) in [6.45, 7) is 2.81. The average molecular weight is 871 g/mol. The molecule has 1 saturated heterocycles. The fourth-order valence-electron chi connectivity index (χ4n) is 8.03. The van der Waals surface area contributed by atoms with E-state index in [-0.39, 0.29) is 48.3 Å². The third kappa shape index (κ3) is 8.58. The summed E-state index contributed by atoms with van der Waals surface area (Å²) in [5.74, 6) is -4.80. The molecule has 2 aliphatic heterocycles. The molecule has 3 N–H and O–H groups in total. The van der Waals surface area contributed by atoms with Gasteiger partial charge in [-0.25, -0.2) is 17.8 Å². The molecule has 2 aromatic carbocycles. The molecule has 3 fully saturated rings. The van der Waals surface area contributed by atoms with Crippen molar-refractivity contribution in [1.82, 2.24) is 30.4 Å². The van der Waals surface area contributed by atoms with Crippen LogP contribution in [0.1, 0.15) is 81.0 Å². The lowest BCUT2D eigenvalue weighted by atomic mass is 10.0. The standard InChI is InChI=1S/C41H42F4N6O9S/c1-22-16-32(49-60-22)34(52)46-30-9-7-5-3-4-6-8-23-20-40(23,38(55)50-61(56,57)39(2)14-15-39)48-35(53)33-19-26(21-51(33)37(30)54)58-36-29-18-25(59-41(43,44)45)11-13-27(29)28-12-10-24(42)17-31(28)47-36/h6,8,10-13,16-18,23,26,30,33H,3-5,7,9,14-15,19-21H2,1-2H3,(H,46,52)(H,48,53)(H,50,55)/b8-6-/t23-,26-,30+,33+,40-/m1/s1. The maximum absolute atomic E-state index is 14.7. The minimum atomic E-state index is -5.03. The van der Waals surface area contributed by atoms with Crippen LogP contribution in [-0.4, -0.2) is 88.5 Å². The van der Waals surface area contributed by atoms with Crippen LogP contribution in [0.5, 0.6) is 11.6 Å². The molecule has 4 aliphatic rings. The molecule has 61 heavy (non-hydrogen) atoms. The maximum atomic E-state index is 14.7. The van der Waals surface area contributed by atoms with Gasteiger partial charge in [0.05, 0.1) is 16.8 Å². The topological polar surface area (TPSA) is 199 Å². The highest BCUT2D eigenvalue weighted by atomic mass is 32.2. The number of alkyl halides is 3. The first-order valence-corrected chi connectivity index (χ1v) is 21.4. The van der Waals surface area contributed by atoms with Crippen LogP contribution in [-0.2, 0) is 24.4 Å². The van der Waals surface area contributed by atoms with Crippen LogP contribution < -0.4 is 24.8 Å². The largest absolute Gasteiger partial charge is 0.573 e. The summed E-state index contributed by atoms with van der Waals surface area (Å²) >= 11 is 0. The van der Waals surface area contributed by atoms with Gasteiger partial charge in [0, 0.05) is 35.2 Å². The van der Waals surface area contributed by atoms with Crippen LogP contribution in [0, 0.1) is 18.7 Å². The molecule has 4 amide bonds. The number of carbonyl (C=O) groups excluding carboxylic acids is 4. The molecule has 4 aromatic rings. The second-order valence-electron chi connectivity index (χ2n) is 16.4. The zero-order valence-electron chi connectivity index (χ0n) is 33.0. The summed E-state index contributed by atoms with van der Waals surface area (Å²) in [7, 11) is -4.10. The Hall–Kier alpha value is -5.79. The van der Waals surface area contributed by atoms with Crippen molar-refractivity contribution < 1.29 is 59.2 Å². The van der Waals surface area contributed by atoms with Gasteiger partial charge in [0.1, 0.15) is 41.1 Å². The minimum Gasteiger partial charge on any atom is -0.472 e. The number of aryl methyl sites for hydroxylation is 1. The number of nitrogens with one attached hydrogen (secondary N) is 3. The van der Waals surface area contributed by atoms with E-state index in [2.05, 4.69) is 30.2 Å². The molecular formula is C41H42F4N6O9S. The number of nitrogens with zero attached hydrogens (tertiary/aromatic N) is 3. The first-order chi connectivity index (χ1) is 28.8. The molecule has 5 atom stereocenters. The van der Waals surface area contributed by atoms with E-state index in [4.69, 9.17) is 9.26 Å². The Morgan fingerprint density at radius 1 is 1.03 bits per heavy atom. The minimum absolute atomic E-state index is 0.0583. The van der Waals surface area contributed by atoms with E-state index in [0.717, 1.165) is 18.2 Å². The Bertz CT molecular complexity index is 2580. The Balaban J connectivity index is 1.15. The zero-order chi connectivity index (χ0) is 43.5. The first-order valence-electron chi connectivity index (χ1n) is 19.9. The number of benzene rings is 2. The lowest BCUT2D eigenvalue weighted by molar-refractivity contribution is -0.274. The molecule has 4 heterocycles. The van der Waals surface area contributed by atoms with E-state index in [1.165, 1.54) is 36.1 Å². The van der Waals surface area contributed by atoms with Gasteiger partial charge in [0.25, 0.3) is 11.8 Å². The Morgan fingerprint density at radius 3 is 2.52 bits per heavy atom. The van der Waals surface area contributed by atoms with Crippen LogP contribution in [0.4, 0.5) is 17.6 Å². The van der Waals surface area contributed by atoms with Crippen molar-refractivity contribution in [2.45, 2.75) is 106 Å². The molecule has 2 aliphatic carbocycles. The highest BCUT2D eigenvalue weighted by Gasteiger charge is 2.63. The van der Waals surface area contributed by atoms with E-state index in [1.54, 1.807) is 13.0 Å². The van der Waals surface area contributed by atoms with Gasteiger partial charge in [-0.1, -0.05) is 30.2 Å². The molecule has 0 unspecified atom stereocenters. The summed E-state index contributed by atoms with van der Waals surface area (Å²) < 4.78 is 97.5. The Morgan fingerprint density at radius 2 is 1.80 bits per heavy atom.